The topological polar surface area (TPSA) is 35.0 Å². The molecule has 0 unspecified atom stereocenters. The Bertz CT molecular complexity index is 502. The van der Waals surface area contributed by atoms with Gasteiger partial charge >= 0.3 is 0 Å². The van der Waals surface area contributed by atoms with Gasteiger partial charge in [0.2, 0.25) is 5.88 Å². The van der Waals surface area contributed by atoms with E-state index >= 15 is 0 Å². The van der Waals surface area contributed by atoms with Crippen molar-refractivity contribution in [1.29, 1.82) is 0 Å². The molecule has 0 bridgehead atoms. The van der Waals surface area contributed by atoms with Gasteiger partial charge in [0.1, 0.15) is 5.82 Å². The Kier molecular flexibility index (Phi) is 3.01. The third kappa shape index (κ3) is 2.12. The fourth-order valence-corrected chi connectivity index (χ4v) is 1.52. The fourth-order valence-electron chi connectivity index (χ4n) is 1.26. The molecular formula is C11H8ClFN2O. The number of rotatable bonds is 2. The Labute approximate surface area is 96.9 Å². The van der Waals surface area contributed by atoms with Crippen molar-refractivity contribution in [3.05, 3.63) is 41.4 Å². The minimum atomic E-state index is -0.379. The molecule has 0 spiro atoms. The Morgan fingerprint density at radius 3 is 2.62 bits per heavy atom. The second-order valence-electron chi connectivity index (χ2n) is 3.07. The van der Waals surface area contributed by atoms with E-state index in [9.17, 15) is 4.39 Å². The molecule has 3 nitrogen and oxygen atoms in total. The van der Waals surface area contributed by atoms with Crippen LogP contribution in [0.3, 0.4) is 0 Å². The van der Waals surface area contributed by atoms with Gasteiger partial charge in [-0.1, -0.05) is 11.6 Å². The summed E-state index contributed by atoms with van der Waals surface area (Å²) in [5, 5.41) is 0.305. The summed E-state index contributed by atoms with van der Waals surface area (Å²) in [6.45, 7) is 0. The van der Waals surface area contributed by atoms with Crippen molar-refractivity contribution in [3.8, 4) is 17.1 Å². The lowest BCUT2D eigenvalue weighted by Crippen LogP contribution is -1.91. The summed E-state index contributed by atoms with van der Waals surface area (Å²) in [6.07, 6.45) is 3.01. The van der Waals surface area contributed by atoms with Crippen molar-refractivity contribution in [2.45, 2.75) is 0 Å². The Hall–Kier alpha value is -1.68. The minimum absolute atomic E-state index is 0.305. The number of ether oxygens (including phenoxy) is 1. The Morgan fingerprint density at radius 2 is 2.06 bits per heavy atom. The summed E-state index contributed by atoms with van der Waals surface area (Å²) < 4.78 is 17.7. The largest absolute Gasteiger partial charge is 0.480 e. The van der Waals surface area contributed by atoms with Crippen LogP contribution in [0.15, 0.2) is 30.6 Å². The van der Waals surface area contributed by atoms with Gasteiger partial charge in [-0.25, -0.2) is 14.4 Å². The first kappa shape index (κ1) is 10.8. The van der Waals surface area contributed by atoms with Crippen LogP contribution in [0.4, 0.5) is 4.39 Å². The molecule has 0 aliphatic carbocycles. The van der Waals surface area contributed by atoms with E-state index in [1.165, 1.54) is 31.6 Å². The zero-order chi connectivity index (χ0) is 11.5. The lowest BCUT2D eigenvalue weighted by Gasteiger charge is -2.04. The molecule has 1 aromatic carbocycles. The van der Waals surface area contributed by atoms with E-state index in [0.717, 1.165) is 0 Å². The van der Waals surface area contributed by atoms with E-state index in [2.05, 4.69) is 9.97 Å². The maximum absolute atomic E-state index is 12.8. The van der Waals surface area contributed by atoms with Gasteiger partial charge < -0.3 is 4.74 Å². The Morgan fingerprint density at radius 1 is 1.25 bits per heavy atom. The highest BCUT2D eigenvalue weighted by Gasteiger charge is 2.06. The first-order valence-corrected chi connectivity index (χ1v) is 4.90. The van der Waals surface area contributed by atoms with Gasteiger partial charge in [-0.05, 0) is 18.2 Å². The number of hydrogen-bond acceptors (Lipinski definition) is 3. The molecule has 0 radical (unpaired) electrons. The monoisotopic (exact) mass is 238 g/mol. The first-order valence-electron chi connectivity index (χ1n) is 4.52. The molecular weight excluding hydrogens is 231 g/mol. The molecule has 1 aromatic heterocycles. The predicted octanol–water partition coefficient (Wildman–Crippen LogP) is 2.94. The van der Waals surface area contributed by atoms with Crippen molar-refractivity contribution >= 4 is 11.6 Å². The quantitative estimate of drug-likeness (QED) is 0.807. The second-order valence-corrected chi connectivity index (χ2v) is 3.48. The standard InChI is InChI=1S/C11H8ClFN2O/c1-16-11-6-14-10(5-15-11)8-3-2-7(13)4-9(8)12/h2-6H,1H3. The molecule has 0 saturated carbocycles. The summed E-state index contributed by atoms with van der Waals surface area (Å²) in [5.74, 6) is 0.0391. The molecule has 82 valence electrons. The molecule has 1 heterocycles. The van der Waals surface area contributed by atoms with E-state index in [1.807, 2.05) is 0 Å². The highest BCUT2D eigenvalue weighted by atomic mass is 35.5. The molecule has 2 rings (SSSR count). The number of hydrogen-bond donors (Lipinski definition) is 0. The van der Waals surface area contributed by atoms with Crippen LogP contribution in [0, 0.1) is 5.82 Å². The molecule has 0 aliphatic heterocycles. The van der Waals surface area contributed by atoms with Crippen molar-refractivity contribution in [3.63, 3.8) is 0 Å². The van der Waals surface area contributed by atoms with Gasteiger partial charge in [-0.3, -0.25) is 0 Å². The Balaban J connectivity index is 2.42. The van der Waals surface area contributed by atoms with E-state index in [-0.39, 0.29) is 5.82 Å². The summed E-state index contributed by atoms with van der Waals surface area (Å²) >= 11 is 5.90. The number of methoxy groups -OCH3 is 1. The van der Waals surface area contributed by atoms with Crippen molar-refractivity contribution < 1.29 is 9.13 Å². The maximum atomic E-state index is 12.8. The average molecular weight is 239 g/mol. The van der Waals surface area contributed by atoms with E-state index in [4.69, 9.17) is 16.3 Å². The van der Waals surface area contributed by atoms with Crippen molar-refractivity contribution in [2.75, 3.05) is 7.11 Å². The van der Waals surface area contributed by atoms with Crippen LogP contribution in [-0.2, 0) is 0 Å². The third-order valence-corrected chi connectivity index (χ3v) is 2.36. The molecule has 5 heteroatoms. The third-order valence-electron chi connectivity index (χ3n) is 2.04. The van der Waals surface area contributed by atoms with Crippen LogP contribution in [0.2, 0.25) is 5.02 Å². The predicted molar refractivity (Wildman–Crippen MR) is 59.0 cm³/mol. The zero-order valence-electron chi connectivity index (χ0n) is 8.45. The summed E-state index contributed by atoms with van der Waals surface area (Å²) in [5.41, 5.74) is 1.21. The molecule has 0 aliphatic rings. The van der Waals surface area contributed by atoms with Gasteiger partial charge in [0.25, 0.3) is 0 Å². The molecule has 2 aromatic rings. The zero-order valence-corrected chi connectivity index (χ0v) is 9.20. The van der Waals surface area contributed by atoms with Gasteiger partial charge in [0.05, 0.1) is 30.2 Å². The van der Waals surface area contributed by atoms with Gasteiger partial charge in [0.15, 0.2) is 0 Å². The minimum Gasteiger partial charge on any atom is -0.480 e. The molecule has 16 heavy (non-hydrogen) atoms. The van der Waals surface area contributed by atoms with Crippen LogP contribution in [0.25, 0.3) is 11.3 Å². The highest BCUT2D eigenvalue weighted by molar-refractivity contribution is 6.33. The SMILES string of the molecule is COc1cnc(-c2ccc(F)cc2Cl)cn1. The number of halogens is 2. The number of aromatic nitrogens is 2. The van der Waals surface area contributed by atoms with Crippen LogP contribution in [-0.4, -0.2) is 17.1 Å². The normalized spacial score (nSPS) is 10.2. The van der Waals surface area contributed by atoms with Crippen LogP contribution >= 0.6 is 11.6 Å². The lowest BCUT2D eigenvalue weighted by molar-refractivity contribution is 0.396. The molecule has 0 saturated heterocycles. The molecule has 0 atom stereocenters. The summed E-state index contributed by atoms with van der Waals surface area (Å²) in [7, 11) is 1.51. The van der Waals surface area contributed by atoms with Crippen molar-refractivity contribution in [1.82, 2.24) is 9.97 Å². The molecule has 0 fully saturated rings. The van der Waals surface area contributed by atoms with Gasteiger partial charge in [-0.15, -0.1) is 0 Å². The van der Waals surface area contributed by atoms with Crippen LogP contribution < -0.4 is 4.74 Å². The second kappa shape index (κ2) is 4.45. The smallest absolute Gasteiger partial charge is 0.232 e. The fraction of sp³-hybridized carbons (Fsp3) is 0.0909. The first-order chi connectivity index (χ1) is 7.70. The van der Waals surface area contributed by atoms with E-state index in [0.29, 0.717) is 22.2 Å². The molecule has 0 amide bonds. The van der Waals surface area contributed by atoms with Crippen molar-refractivity contribution in [2.24, 2.45) is 0 Å². The number of benzene rings is 1. The van der Waals surface area contributed by atoms with E-state index < -0.39 is 0 Å². The summed E-state index contributed by atoms with van der Waals surface area (Å²) in [4.78, 5) is 8.12. The van der Waals surface area contributed by atoms with E-state index in [1.54, 1.807) is 6.07 Å². The number of nitrogens with zero attached hydrogens (tertiary/aromatic N) is 2. The van der Waals surface area contributed by atoms with Gasteiger partial charge in [-0.2, -0.15) is 0 Å². The van der Waals surface area contributed by atoms with Gasteiger partial charge in [0, 0.05) is 5.56 Å². The summed E-state index contributed by atoms with van der Waals surface area (Å²) in [6, 6.07) is 4.13. The molecule has 0 N–H and O–H groups in total. The lowest BCUT2D eigenvalue weighted by atomic mass is 10.1. The maximum Gasteiger partial charge on any atom is 0.232 e. The van der Waals surface area contributed by atoms with Crippen LogP contribution in [0.5, 0.6) is 5.88 Å². The van der Waals surface area contributed by atoms with Crippen LogP contribution in [0.1, 0.15) is 0 Å². The average Bonchev–Trinajstić information content (AvgIpc) is 2.29. The highest BCUT2D eigenvalue weighted by Crippen LogP contribution is 2.26.